The molecule has 0 unspecified atom stereocenters. The average molecular weight is 321 g/mol. The third-order valence-corrected chi connectivity index (χ3v) is 3.54. The van der Waals surface area contributed by atoms with E-state index in [4.69, 9.17) is 4.65 Å². The predicted octanol–water partition coefficient (Wildman–Crippen LogP) is 1.36. The van der Waals surface area contributed by atoms with Crippen LogP contribution < -0.4 is 10.2 Å². The van der Waals surface area contributed by atoms with Crippen molar-refractivity contribution in [3.05, 3.63) is 17.8 Å². The zero-order valence-corrected chi connectivity index (χ0v) is 13.0. The molecule has 0 fully saturated rings. The van der Waals surface area contributed by atoms with Gasteiger partial charge in [0.1, 0.15) is 5.56 Å². The van der Waals surface area contributed by atoms with E-state index in [-0.39, 0.29) is 5.46 Å². The molecule has 5 nitrogen and oxygen atoms in total. The van der Waals surface area contributed by atoms with Gasteiger partial charge in [0.15, 0.2) is 0 Å². The summed E-state index contributed by atoms with van der Waals surface area (Å²) < 4.78 is 48.6. The summed E-state index contributed by atoms with van der Waals surface area (Å²) >= 11 is 0. The Bertz CT molecular complexity index is 529. The lowest BCUT2D eigenvalue weighted by Crippen LogP contribution is -2.53. The summed E-state index contributed by atoms with van der Waals surface area (Å²) in [5.41, 5.74) is -3.83. The van der Waals surface area contributed by atoms with Crippen LogP contribution in [0.5, 0.6) is 5.88 Å². The van der Waals surface area contributed by atoms with E-state index in [1.54, 1.807) is 0 Å². The number of aliphatic hydroxyl groups is 1. The van der Waals surface area contributed by atoms with Gasteiger partial charge in [-0.1, -0.05) is 0 Å². The van der Waals surface area contributed by atoms with Crippen LogP contribution in [0.25, 0.3) is 0 Å². The lowest BCUT2D eigenvalue weighted by atomic mass is 9.77. The number of hydrogen-bond acceptors (Lipinski definition) is 5. The normalized spacial score (nSPS) is 13.2. The fourth-order valence-corrected chi connectivity index (χ4v) is 1.46. The van der Waals surface area contributed by atoms with Crippen LogP contribution in [-0.2, 0) is 10.8 Å². The Morgan fingerprint density at radius 2 is 1.73 bits per heavy atom. The average Bonchev–Trinajstić information content (AvgIpc) is 2.35. The molecule has 0 saturated carbocycles. The van der Waals surface area contributed by atoms with Crippen LogP contribution in [0, 0.1) is 0 Å². The molecule has 0 aliphatic heterocycles. The molecule has 124 valence electrons. The fraction of sp³-hybridized carbons (Fsp3) is 0.615. The second-order valence-corrected chi connectivity index (χ2v) is 5.86. The molecule has 0 aliphatic rings. The number of alkyl halides is 3. The van der Waals surface area contributed by atoms with Gasteiger partial charge in [-0.3, -0.25) is 0 Å². The van der Waals surface area contributed by atoms with E-state index in [0.717, 1.165) is 13.3 Å². The minimum Gasteiger partial charge on any atom is -0.481 e. The molecule has 1 aromatic rings. The highest BCUT2D eigenvalue weighted by Crippen LogP contribution is 2.34. The zero-order valence-electron chi connectivity index (χ0n) is 13.0. The van der Waals surface area contributed by atoms with Crippen molar-refractivity contribution in [2.45, 2.75) is 45.1 Å². The summed E-state index contributed by atoms with van der Waals surface area (Å²) in [7, 11) is -0.609. The van der Waals surface area contributed by atoms with Crippen molar-refractivity contribution in [3.63, 3.8) is 0 Å². The molecule has 0 spiro atoms. The molecule has 1 heterocycles. The quantitative estimate of drug-likeness (QED) is 0.802. The van der Waals surface area contributed by atoms with Crippen LogP contribution in [0.4, 0.5) is 13.2 Å². The molecule has 1 rings (SSSR count). The maximum Gasteiger partial charge on any atom is 0.493 e. The van der Waals surface area contributed by atoms with E-state index in [1.807, 2.05) is 0 Å². The van der Waals surface area contributed by atoms with Gasteiger partial charge in [-0.2, -0.15) is 13.2 Å². The molecule has 0 bridgehead atoms. The molecule has 0 amide bonds. The third-order valence-electron chi connectivity index (χ3n) is 3.54. The highest BCUT2D eigenvalue weighted by molar-refractivity contribution is 6.60. The molecule has 0 aliphatic carbocycles. The molecule has 1 aromatic heterocycles. The Morgan fingerprint density at radius 1 is 1.18 bits per heavy atom. The number of rotatable bonds is 5. The van der Waals surface area contributed by atoms with E-state index in [9.17, 15) is 23.3 Å². The maximum atomic E-state index is 12.9. The third kappa shape index (κ3) is 4.11. The summed E-state index contributed by atoms with van der Waals surface area (Å²) in [5.74, 6) is -0.592. The first-order valence-corrected chi connectivity index (χ1v) is 6.49. The zero-order chi connectivity index (χ0) is 17.3. The van der Waals surface area contributed by atoms with Gasteiger partial charge in [-0.15, -0.1) is 0 Å². The highest BCUT2D eigenvalue weighted by Gasteiger charge is 2.41. The van der Waals surface area contributed by atoms with Gasteiger partial charge < -0.3 is 19.5 Å². The molecule has 0 radical (unpaired) electrons. The molecule has 0 saturated heterocycles. The van der Waals surface area contributed by atoms with Crippen LogP contribution in [0.15, 0.2) is 12.3 Å². The largest absolute Gasteiger partial charge is 0.493 e. The number of ether oxygens (including phenoxy) is 1. The van der Waals surface area contributed by atoms with E-state index < -0.39 is 35.9 Å². The van der Waals surface area contributed by atoms with Gasteiger partial charge in [0, 0.05) is 11.7 Å². The maximum absolute atomic E-state index is 12.9. The van der Waals surface area contributed by atoms with Gasteiger partial charge >= 0.3 is 13.3 Å². The second kappa shape index (κ2) is 6.06. The van der Waals surface area contributed by atoms with Crippen molar-refractivity contribution in [2.24, 2.45) is 0 Å². The lowest BCUT2D eigenvalue weighted by molar-refractivity contribution is -0.139. The highest BCUT2D eigenvalue weighted by atomic mass is 19.4. The molecular formula is C13H19BF3NO4. The van der Waals surface area contributed by atoms with Gasteiger partial charge in [0.2, 0.25) is 5.88 Å². The smallest absolute Gasteiger partial charge is 0.481 e. The van der Waals surface area contributed by atoms with Crippen molar-refractivity contribution >= 4 is 12.6 Å². The Morgan fingerprint density at radius 3 is 2.14 bits per heavy atom. The van der Waals surface area contributed by atoms with E-state index in [1.165, 1.54) is 27.7 Å². The van der Waals surface area contributed by atoms with Crippen molar-refractivity contribution in [1.29, 1.82) is 0 Å². The molecule has 0 aromatic carbocycles. The van der Waals surface area contributed by atoms with Gasteiger partial charge in [-0.05, 0) is 33.8 Å². The van der Waals surface area contributed by atoms with E-state index in [0.29, 0.717) is 6.07 Å². The first-order valence-electron chi connectivity index (χ1n) is 6.49. The Balaban J connectivity index is 3.13. The first kappa shape index (κ1) is 18.7. The minimum absolute atomic E-state index is 0.189. The molecule has 0 atom stereocenters. The van der Waals surface area contributed by atoms with E-state index in [2.05, 4.69) is 9.72 Å². The number of aromatic nitrogens is 1. The number of nitrogens with zero attached hydrogens (tertiary/aromatic N) is 1. The molecule has 2 N–H and O–H groups in total. The van der Waals surface area contributed by atoms with Gasteiger partial charge in [0.25, 0.3) is 0 Å². The second-order valence-electron chi connectivity index (χ2n) is 5.86. The summed E-state index contributed by atoms with van der Waals surface area (Å²) in [6.07, 6.45) is -3.65. The molecule has 9 heteroatoms. The van der Waals surface area contributed by atoms with Crippen molar-refractivity contribution < 1.29 is 32.7 Å². The number of methoxy groups -OCH3 is 1. The fourth-order valence-electron chi connectivity index (χ4n) is 1.46. The predicted molar refractivity (Wildman–Crippen MR) is 74.9 cm³/mol. The van der Waals surface area contributed by atoms with Crippen LogP contribution >= 0.6 is 0 Å². The number of halogens is 3. The Hall–Kier alpha value is -1.32. The lowest BCUT2D eigenvalue weighted by Gasteiger charge is -2.38. The summed E-state index contributed by atoms with van der Waals surface area (Å²) in [4.78, 5) is 3.53. The summed E-state index contributed by atoms with van der Waals surface area (Å²) in [6.45, 7) is 5.95. The van der Waals surface area contributed by atoms with Crippen LogP contribution in [-0.4, -0.2) is 40.5 Å². The molecular weight excluding hydrogens is 302 g/mol. The van der Waals surface area contributed by atoms with Crippen LogP contribution in [0.3, 0.4) is 0 Å². The van der Waals surface area contributed by atoms with Crippen molar-refractivity contribution in [3.8, 4) is 5.88 Å². The Labute approximate surface area is 127 Å². The first-order chi connectivity index (χ1) is 9.79. The van der Waals surface area contributed by atoms with Gasteiger partial charge in [-0.25, -0.2) is 4.98 Å². The summed E-state index contributed by atoms with van der Waals surface area (Å²) in [5, 5.41) is 19.9. The van der Waals surface area contributed by atoms with Gasteiger partial charge in [0.05, 0.1) is 18.3 Å². The SMILES string of the molecule is COc1ncc(B(O)OC(C)(C)C(C)(C)O)cc1C(F)(F)F. The number of hydrogen-bond donors (Lipinski definition) is 2. The standard InChI is InChI=1S/C13H19BF3NO4/c1-11(2,19)12(3,4)22-14(20)8-6-9(13(15,16)17)10(21-5)18-7-8/h6-7,19-20H,1-5H3. The summed E-state index contributed by atoms with van der Waals surface area (Å²) in [6, 6.07) is 0.705. The topological polar surface area (TPSA) is 71.8 Å². The number of pyridine rings is 1. The minimum atomic E-state index is -4.68. The van der Waals surface area contributed by atoms with Crippen LogP contribution in [0.1, 0.15) is 33.3 Å². The monoisotopic (exact) mass is 321 g/mol. The van der Waals surface area contributed by atoms with Crippen LogP contribution in [0.2, 0.25) is 0 Å². The van der Waals surface area contributed by atoms with E-state index >= 15 is 0 Å². The van der Waals surface area contributed by atoms with Crippen molar-refractivity contribution in [2.75, 3.05) is 7.11 Å². The van der Waals surface area contributed by atoms with Crippen molar-refractivity contribution in [1.82, 2.24) is 4.98 Å². The molecule has 22 heavy (non-hydrogen) atoms. The Kier molecular flexibility index (Phi) is 5.16.